The number of amides is 1. The van der Waals surface area contributed by atoms with Crippen LogP contribution in [0.4, 0.5) is 0 Å². The zero-order chi connectivity index (χ0) is 15.0. The fraction of sp³-hybridized carbons (Fsp3) is 0.941. The highest BCUT2D eigenvalue weighted by Crippen LogP contribution is 2.38. The van der Waals surface area contributed by atoms with E-state index >= 15 is 0 Å². The van der Waals surface area contributed by atoms with Crippen LogP contribution in [0.1, 0.15) is 53.9 Å². The predicted octanol–water partition coefficient (Wildman–Crippen LogP) is 2.91. The minimum Gasteiger partial charge on any atom is -0.342 e. The van der Waals surface area contributed by atoms with Gasteiger partial charge in [-0.25, -0.2) is 0 Å². The maximum atomic E-state index is 12.9. The van der Waals surface area contributed by atoms with Crippen LogP contribution in [0.15, 0.2) is 0 Å². The standard InChI is InChI=1S/C17H32N2O/c1-16(2,3)14-8-10-19(12-14)15(20)17(4,5)13-7-6-9-18-11-13/h13-14,18H,6-12H2,1-5H3. The largest absolute Gasteiger partial charge is 0.342 e. The lowest BCUT2D eigenvalue weighted by atomic mass is 9.74. The van der Waals surface area contributed by atoms with E-state index in [1.54, 1.807) is 0 Å². The third-order valence-corrected chi connectivity index (χ3v) is 5.57. The second-order valence-corrected chi connectivity index (χ2v) is 8.37. The Hall–Kier alpha value is -0.570. The Balaban J connectivity index is 2.00. The van der Waals surface area contributed by atoms with Crippen LogP contribution in [0.25, 0.3) is 0 Å². The number of hydrogen-bond donors (Lipinski definition) is 1. The number of nitrogens with zero attached hydrogens (tertiary/aromatic N) is 1. The first kappa shape index (κ1) is 15.8. The molecule has 1 N–H and O–H groups in total. The van der Waals surface area contributed by atoms with Crippen LogP contribution < -0.4 is 5.32 Å². The Labute approximate surface area is 124 Å². The summed E-state index contributed by atoms with van der Waals surface area (Å²) >= 11 is 0. The molecule has 3 heteroatoms. The lowest BCUT2D eigenvalue weighted by Crippen LogP contribution is -2.48. The van der Waals surface area contributed by atoms with Gasteiger partial charge in [0.1, 0.15) is 0 Å². The summed E-state index contributed by atoms with van der Waals surface area (Å²) < 4.78 is 0. The van der Waals surface area contributed by atoms with E-state index in [1.165, 1.54) is 12.8 Å². The molecule has 0 spiro atoms. The summed E-state index contributed by atoms with van der Waals surface area (Å²) in [5.41, 5.74) is 0.0890. The van der Waals surface area contributed by atoms with Gasteiger partial charge >= 0.3 is 0 Å². The van der Waals surface area contributed by atoms with Crippen LogP contribution in [0.5, 0.6) is 0 Å². The molecule has 0 bridgehead atoms. The lowest BCUT2D eigenvalue weighted by Gasteiger charge is -2.39. The maximum Gasteiger partial charge on any atom is 0.228 e. The van der Waals surface area contributed by atoms with E-state index in [1.807, 2.05) is 0 Å². The van der Waals surface area contributed by atoms with E-state index in [0.29, 0.717) is 23.2 Å². The molecule has 1 amide bonds. The summed E-state index contributed by atoms with van der Waals surface area (Å²) in [6.45, 7) is 15.2. The van der Waals surface area contributed by atoms with Gasteiger partial charge in [-0.05, 0) is 49.6 Å². The molecule has 2 aliphatic rings. The minimum absolute atomic E-state index is 0.222. The SMILES string of the molecule is CC(C)(C)C1CCN(C(=O)C(C)(C)C2CCCNC2)C1. The Morgan fingerprint density at radius 2 is 1.80 bits per heavy atom. The highest BCUT2D eigenvalue weighted by molar-refractivity contribution is 5.82. The number of carbonyl (C=O) groups is 1. The first-order valence-corrected chi connectivity index (χ1v) is 8.23. The monoisotopic (exact) mass is 280 g/mol. The van der Waals surface area contributed by atoms with Crippen LogP contribution in [0.2, 0.25) is 0 Å². The van der Waals surface area contributed by atoms with E-state index in [2.05, 4.69) is 44.8 Å². The van der Waals surface area contributed by atoms with Crippen molar-refractivity contribution in [2.75, 3.05) is 26.2 Å². The summed E-state index contributed by atoms with van der Waals surface area (Å²) in [6.07, 6.45) is 3.54. The van der Waals surface area contributed by atoms with E-state index in [-0.39, 0.29) is 5.41 Å². The molecule has 0 aromatic rings. The van der Waals surface area contributed by atoms with Crippen LogP contribution in [-0.2, 0) is 4.79 Å². The molecule has 2 rings (SSSR count). The molecule has 116 valence electrons. The molecule has 0 saturated carbocycles. The van der Waals surface area contributed by atoms with Crippen molar-refractivity contribution in [2.24, 2.45) is 22.7 Å². The van der Waals surface area contributed by atoms with E-state index < -0.39 is 0 Å². The van der Waals surface area contributed by atoms with Crippen LogP contribution in [0, 0.1) is 22.7 Å². The van der Waals surface area contributed by atoms with Crippen LogP contribution in [-0.4, -0.2) is 37.0 Å². The second kappa shape index (κ2) is 5.67. The van der Waals surface area contributed by atoms with Crippen molar-refractivity contribution in [3.05, 3.63) is 0 Å². The summed E-state index contributed by atoms with van der Waals surface area (Å²) in [4.78, 5) is 15.1. The highest BCUT2D eigenvalue weighted by Gasteiger charge is 2.43. The van der Waals surface area contributed by atoms with Gasteiger partial charge in [0, 0.05) is 18.5 Å². The van der Waals surface area contributed by atoms with Crippen LogP contribution in [0.3, 0.4) is 0 Å². The van der Waals surface area contributed by atoms with Crippen molar-refractivity contribution in [2.45, 2.75) is 53.9 Å². The zero-order valence-corrected chi connectivity index (χ0v) is 14.0. The molecule has 2 saturated heterocycles. The van der Waals surface area contributed by atoms with E-state index in [4.69, 9.17) is 0 Å². The Morgan fingerprint density at radius 1 is 1.10 bits per heavy atom. The van der Waals surface area contributed by atoms with Gasteiger partial charge in [-0.1, -0.05) is 34.6 Å². The molecule has 0 aliphatic carbocycles. The molecule has 20 heavy (non-hydrogen) atoms. The summed E-state index contributed by atoms with van der Waals surface area (Å²) in [6, 6.07) is 0. The van der Waals surface area contributed by atoms with Gasteiger partial charge in [0.15, 0.2) is 0 Å². The van der Waals surface area contributed by atoms with Crippen molar-refractivity contribution in [1.29, 1.82) is 0 Å². The van der Waals surface area contributed by atoms with Gasteiger partial charge in [0.05, 0.1) is 0 Å². The third-order valence-electron chi connectivity index (χ3n) is 5.57. The molecule has 2 fully saturated rings. The van der Waals surface area contributed by atoms with Gasteiger partial charge in [-0.2, -0.15) is 0 Å². The quantitative estimate of drug-likeness (QED) is 0.843. The topological polar surface area (TPSA) is 32.3 Å². The Bertz CT molecular complexity index is 350. The number of hydrogen-bond acceptors (Lipinski definition) is 2. The van der Waals surface area contributed by atoms with Gasteiger partial charge < -0.3 is 10.2 Å². The zero-order valence-electron chi connectivity index (χ0n) is 14.0. The highest BCUT2D eigenvalue weighted by atomic mass is 16.2. The summed E-state index contributed by atoms with van der Waals surface area (Å²) in [7, 11) is 0. The minimum atomic E-state index is -0.222. The molecule has 0 aromatic carbocycles. The van der Waals surface area contributed by atoms with Crippen molar-refractivity contribution in [3.63, 3.8) is 0 Å². The fourth-order valence-corrected chi connectivity index (χ4v) is 3.70. The lowest BCUT2D eigenvalue weighted by molar-refractivity contribution is -0.143. The smallest absolute Gasteiger partial charge is 0.228 e. The normalized spacial score (nSPS) is 28.8. The van der Waals surface area contributed by atoms with Crippen LogP contribution >= 0.6 is 0 Å². The number of rotatable bonds is 2. The summed E-state index contributed by atoms with van der Waals surface area (Å²) in [5.74, 6) is 1.50. The van der Waals surface area contributed by atoms with Gasteiger partial charge in [0.25, 0.3) is 0 Å². The van der Waals surface area contributed by atoms with Crippen molar-refractivity contribution in [1.82, 2.24) is 10.2 Å². The van der Waals surface area contributed by atoms with Crippen molar-refractivity contribution in [3.8, 4) is 0 Å². The molecule has 2 aliphatic heterocycles. The van der Waals surface area contributed by atoms with Crippen molar-refractivity contribution >= 4 is 5.91 Å². The molecular formula is C17H32N2O. The van der Waals surface area contributed by atoms with Gasteiger partial charge in [-0.15, -0.1) is 0 Å². The molecule has 3 nitrogen and oxygen atoms in total. The maximum absolute atomic E-state index is 12.9. The predicted molar refractivity (Wildman–Crippen MR) is 83.5 cm³/mol. The number of piperidine rings is 1. The molecular weight excluding hydrogens is 248 g/mol. The average molecular weight is 280 g/mol. The molecule has 2 heterocycles. The Morgan fingerprint density at radius 3 is 2.30 bits per heavy atom. The van der Waals surface area contributed by atoms with E-state index in [9.17, 15) is 4.79 Å². The fourth-order valence-electron chi connectivity index (χ4n) is 3.70. The van der Waals surface area contributed by atoms with Crippen molar-refractivity contribution < 1.29 is 4.79 Å². The second-order valence-electron chi connectivity index (χ2n) is 8.37. The summed E-state index contributed by atoms with van der Waals surface area (Å²) in [5, 5.41) is 3.45. The first-order chi connectivity index (χ1) is 9.23. The average Bonchev–Trinajstić information content (AvgIpc) is 2.88. The first-order valence-electron chi connectivity index (χ1n) is 8.23. The number of likely N-dealkylation sites (tertiary alicyclic amines) is 1. The molecule has 2 unspecified atom stereocenters. The molecule has 0 radical (unpaired) electrons. The van der Waals surface area contributed by atoms with Gasteiger partial charge in [-0.3, -0.25) is 4.79 Å². The molecule has 2 atom stereocenters. The molecule has 0 aromatic heterocycles. The number of carbonyl (C=O) groups excluding carboxylic acids is 1. The third kappa shape index (κ3) is 3.19. The van der Waals surface area contributed by atoms with Gasteiger partial charge in [0.2, 0.25) is 5.91 Å². The Kier molecular flexibility index (Phi) is 4.48. The number of nitrogens with one attached hydrogen (secondary N) is 1. The van der Waals surface area contributed by atoms with E-state index in [0.717, 1.165) is 32.6 Å².